The predicted molar refractivity (Wildman–Crippen MR) is 82.6 cm³/mol. The molecule has 1 saturated carbocycles. The first-order chi connectivity index (χ1) is 9.49. The zero-order valence-corrected chi connectivity index (χ0v) is 12.9. The maximum atomic E-state index is 12.2. The molecule has 0 atom stereocenters. The first-order valence-corrected chi connectivity index (χ1v) is 8.79. The third-order valence-corrected chi connectivity index (χ3v) is 5.40. The highest BCUT2D eigenvalue weighted by Gasteiger charge is 2.19. The van der Waals surface area contributed by atoms with Crippen LogP contribution >= 0.6 is 12.2 Å². The zero-order chi connectivity index (χ0) is 14.6. The van der Waals surface area contributed by atoms with Crippen LogP contribution in [0.25, 0.3) is 0 Å². The van der Waals surface area contributed by atoms with Crippen LogP contribution in [0.3, 0.4) is 0 Å². The molecular formula is C14H19NO3S2. The number of ether oxygens (including phenoxy) is 1. The molecule has 0 heterocycles. The summed E-state index contributed by atoms with van der Waals surface area (Å²) in [5.41, 5.74) is 6.09. The van der Waals surface area contributed by atoms with Crippen molar-refractivity contribution in [2.45, 2.75) is 36.7 Å². The molecule has 0 radical (unpaired) electrons. The summed E-state index contributed by atoms with van der Waals surface area (Å²) in [6.45, 7) is 0.240. The van der Waals surface area contributed by atoms with E-state index in [2.05, 4.69) is 0 Å². The van der Waals surface area contributed by atoms with Gasteiger partial charge in [-0.15, -0.1) is 0 Å². The van der Waals surface area contributed by atoms with Gasteiger partial charge in [0, 0.05) is 5.56 Å². The molecule has 1 aromatic rings. The molecule has 0 amide bonds. The Morgan fingerprint density at radius 1 is 1.35 bits per heavy atom. The second-order valence-corrected chi connectivity index (χ2v) is 7.54. The quantitative estimate of drug-likeness (QED) is 0.814. The van der Waals surface area contributed by atoms with E-state index in [4.69, 9.17) is 22.7 Å². The summed E-state index contributed by atoms with van der Waals surface area (Å²) in [5.74, 6) is -0.00964. The van der Waals surface area contributed by atoms with Crippen molar-refractivity contribution in [1.29, 1.82) is 0 Å². The number of sulfone groups is 1. The van der Waals surface area contributed by atoms with Gasteiger partial charge in [-0.05, 0) is 25.0 Å². The lowest BCUT2D eigenvalue weighted by atomic mass is 10.2. The Bertz CT molecular complexity index is 578. The molecule has 1 aliphatic carbocycles. The van der Waals surface area contributed by atoms with Crippen molar-refractivity contribution < 1.29 is 13.2 Å². The maximum Gasteiger partial charge on any atom is 0.180 e. The van der Waals surface area contributed by atoms with E-state index in [-0.39, 0.29) is 28.3 Å². The highest BCUT2D eigenvalue weighted by Crippen LogP contribution is 2.21. The van der Waals surface area contributed by atoms with Crippen molar-refractivity contribution in [3.05, 3.63) is 29.8 Å². The van der Waals surface area contributed by atoms with Crippen LogP contribution in [-0.4, -0.2) is 31.9 Å². The summed E-state index contributed by atoms with van der Waals surface area (Å²) in [7, 11) is -3.35. The van der Waals surface area contributed by atoms with Crippen LogP contribution in [0, 0.1) is 0 Å². The standard InChI is InChI=1S/C14H19NO3S2/c15-14(19)11-4-3-7-13(10-11)20(16,17)9-8-18-12-5-1-2-6-12/h3-4,7,10,12H,1-2,5-6,8-9H2,(H2,15,19). The predicted octanol–water partition coefficient (Wildman–Crippen LogP) is 2.05. The van der Waals surface area contributed by atoms with Gasteiger partial charge in [-0.2, -0.15) is 0 Å². The van der Waals surface area contributed by atoms with Crippen LogP contribution in [-0.2, 0) is 14.6 Å². The topological polar surface area (TPSA) is 69.4 Å². The molecule has 4 nitrogen and oxygen atoms in total. The molecule has 6 heteroatoms. The maximum absolute atomic E-state index is 12.2. The fourth-order valence-electron chi connectivity index (χ4n) is 2.34. The molecule has 20 heavy (non-hydrogen) atoms. The SMILES string of the molecule is NC(=S)c1cccc(S(=O)(=O)CCOC2CCCC2)c1. The fourth-order valence-corrected chi connectivity index (χ4v) is 3.61. The Morgan fingerprint density at radius 3 is 2.70 bits per heavy atom. The molecule has 0 saturated heterocycles. The number of nitrogens with two attached hydrogens (primary N) is 1. The average molecular weight is 313 g/mol. The highest BCUT2D eigenvalue weighted by atomic mass is 32.2. The van der Waals surface area contributed by atoms with E-state index in [1.807, 2.05) is 0 Å². The number of rotatable bonds is 6. The van der Waals surface area contributed by atoms with Gasteiger partial charge in [0.2, 0.25) is 0 Å². The third kappa shape index (κ3) is 4.01. The van der Waals surface area contributed by atoms with Gasteiger partial charge < -0.3 is 10.5 Å². The second kappa shape index (κ2) is 6.65. The van der Waals surface area contributed by atoms with Crippen LogP contribution in [0.5, 0.6) is 0 Å². The number of benzene rings is 1. The van der Waals surface area contributed by atoms with Crippen molar-refractivity contribution >= 4 is 27.0 Å². The summed E-state index contributed by atoms with van der Waals surface area (Å²) in [6.07, 6.45) is 4.66. The van der Waals surface area contributed by atoms with Gasteiger partial charge in [-0.25, -0.2) is 8.42 Å². The van der Waals surface area contributed by atoms with Gasteiger partial charge >= 0.3 is 0 Å². The van der Waals surface area contributed by atoms with E-state index in [9.17, 15) is 8.42 Å². The minimum absolute atomic E-state index is 0.00964. The van der Waals surface area contributed by atoms with Crippen LogP contribution in [0.2, 0.25) is 0 Å². The Morgan fingerprint density at radius 2 is 2.05 bits per heavy atom. The first-order valence-electron chi connectivity index (χ1n) is 6.73. The lowest BCUT2D eigenvalue weighted by molar-refractivity contribution is 0.0697. The highest BCUT2D eigenvalue weighted by molar-refractivity contribution is 7.91. The molecule has 0 bridgehead atoms. The van der Waals surface area contributed by atoms with Crippen LogP contribution < -0.4 is 5.73 Å². The van der Waals surface area contributed by atoms with Crippen molar-refractivity contribution in [2.75, 3.05) is 12.4 Å². The van der Waals surface area contributed by atoms with E-state index < -0.39 is 9.84 Å². The Hall–Kier alpha value is -0.980. The molecule has 0 aliphatic heterocycles. The second-order valence-electron chi connectivity index (χ2n) is 4.99. The van der Waals surface area contributed by atoms with Crippen LogP contribution in [0.1, 0.15) is 31.2 Å². The number of thiocarbonyl (C=S) groups is 1. The third-order valence-electron chi connectivity index (χ3n) is 3.49. The number of hydrogen-bond acceptors (Lipinski definition) is 4. The molecular weight excluding hydrogens is 294 g/mol. The van der Waals surface area contributed by atoms with Crippen molar-refractivity contribution in [3.63, 3.8) is 0 Å². The monoisotopic (exact) mass is 313 g/mol. The van der Waals surface area contributed by atoms with E-state index in [1.54, 1.807) is 18.2 Å². The van der Waals surface area contributed by atoms with Crippen molar-refractivity contribution in [2.24, 2.45) is 5.73 Å². The van der Waals surface area contributed by atoms with Crippen LogP contribution in [0.15, 0.2) is 29.2 Å². The van der Waals surface area contributed by atoms with Gasteiger partial charge in [0.25, 0.3) is 0 Å². The normalized spacial score (nSPS) is 16.4. The smallest absolute Gasteiger partial charge is 0.180 e. The Kier molecular flexibility index (Phi) is 5.12. The minimum atomic E-state index is -3.35. The Balaban J connectivity index is 1.98. The summed E-state index contributed by atoms with van der Waals surface area (Å²) in [4.78, 5) is 0.446. The molecule has 0 aromatic heterocycles. The summed E-state index contributed by atoms with van der Waals surface area (Å²) >= 11 is 4.86. The molecule has 110 valence electrons. The average Bonchev–Trinajstić information content (AvgIpc) is 2.92. The lowest BCUT2D eigenvalue weighted by Gasteiger charge is -2.11. The summed E-state index contributed by atoms with van der Waals surface area (Å²) in [6, 6.07) is 6.44. The van der Waals surface area contributed by atoms with E-state index in [1.165, 1.54) is 18.9 Å². The summed E-state index contributed by atoms with van der Waals surface area (Å²) < 4.78 is 30.0. The minimum Gasteiger partial charge on any atom is -0.389 e. The molecule has 1 aliphatic rings. The van der Waals surface area contributed by atoms with E-state index in [0.29, 0.717) is 5.56 Å². The van der Waals surface area contributed by atoms with Gasteiger partial charge in [0.1, 0.15) is 4.99 Å². The molecule has 2 N–H and O–H groups in total. The van der Waals surface area contributed by atoms with E-state index >= 15 is 0 Å². The fraction of sp³-hybridized carbons (Fsp3) is 0.500. The molecule has 1 fully saturated rings. The molecule has 0 spiro atoms. The molecule has 2 rings (SSSR count). The van der Waals surface area contributed by atoms with Gasteiger partial charge in [-0.1, -0.05) is 37.2 Å². The number of hydrogen-bond donors (Lipinski definition) is 1. The molecule has 0 unspecified atom stereocenters. The lowest BCUT2D eigenvalue weighted by Crippen LogP contribution is -2.17. The van der Waals surface area contributed by atoms with Gasteiger partial charge in [-0.3, -0.25) is 0 Å². The van der Waals surface area contributed by atoms with Crippen molar-refractivity contribution in [1.82, 2.24) is 0 Å². The van der Waals surface area contributed by atoms with Crippen LogP contribution in [0.4, 0.5) is 0 Å². The van der Waals surface area contributed by atoms with Crippen molar-refractivity contribution in [3.8, 4) is 0 Å². The zero-order valence-electron chi connectivity index (χ0n) is 11.2. The van der Waals surface area contributed by atoms with Gasteiger partial charge in [0.15, 0.2) is 9.84 Å². The van der Waals surface area contributed by atoms with Gasteiger partial charge in [0.05, 0.1) is 23.4 Å². The Labute approximate surface area is 125 Å². The van der Waals surface area contributed by atoms with E-state index in [0.717, 1.165) is 12.8 Å². The molecule has 1 aromatic carbocycles. The first kappa shape index (κ1) is 15.4. The summed E-state index contributed by atoms with van der Waals surface area (Å²) in [5, 5.41) is 0. The largest absolute Gasteiger partial charge is 0.389 e.